The van der Waals surface area contributed by atoms with Gasteiger partial charge in [0.15, 0.2) is 11.2 Å². The number of fused-ring (bicyclic) bond motifs is 3. The third-order valence-corrected chi connectivity index (χ3v) is 7.74. The van der Waals surface area contributed by atoms with Crippen molar-refractivity contribution in [3.63, 3.8) is 0 Å². The van der Waals surface area contributed by atoms with E-state index in [1.54, 1.807) is 25.3 Å². The molecule has 0 aliphatic carbocycles. The summed E-state index contributed by atoms with van der Waals surface area (Å²) in [6.07, 6.45) is 3.75. The zero-order chi connectivity index (χ0) is 25.4. The van der Waals surface area contributed by atoms with Crippen LogP contribution in [0.25, 0.3) is 6.08 Å². The van der Waals surface area contributed by atoms with Crippen LogP contribution < -0.4 is 9.64 Å². The van der Waals surface area contributed by atoms with Crippen LogP contribution in [0.4, 0.5) is 5.69 Å². The number of carbonyl (C=O) groups excluding carboxylic acids is 2. The summed E-state index contributed by atoms with van der Waals surface area (Å²) >= 11 is 3.48. The summed E-state index contributed by atoms with van der Waals surface area (Å²) in [4.78, 5) is 29.8. The largest absolute Gasteiger partial charge is 0.496 e. The first-order valence-corrected chi connectivity index (χ1v) is 12.2. The first-order chi connectivity index (χ1) is 17.5. The molecule has 3 aromatic rings. The highest BCUT2D eigenvalue weighted by Gasteiger charge is 2.67. The number of nitrogens with zero attached hydrogens (tertiary/aromatic N) is 2. The molecular weight excluding hydrogens is 520 g/mol. The number of ketones is 1. The molecule has 0 aromatic heterocycles. The Morgan fingerprint density at radius 1 is 1.03 bits per heavy atom. The van der Waals surface area contributed by atoms with E-state index in [1.165, 1.54) is 7.11 Å². The maximum atomic E-state index is 14.4. The molecule has 1 fully saturated rings. The van der Waals surface area contributed by atoms with Gasteiger partial charge in [0.05, 0.1) is 30.8 Å². The molecule has 3 aromatic carbocycles. The third kappa shape index (κ3) is 3.44. The van der Waals surface area contributed by atoms with Crippen LogP contribution in [0.2, 0.25) is 0 Å². The van der Waals surface area contributed by atoms with Crippen LogP contribution in [0.5, 0.6) is 5.75 Å². The highest BCUT2D eigenvalue weighted by atomic mass is 79.9. The topological polar surface area (TPSA) is 79.6 Å². The molecule has 0 N–H and O–H groups in total. The van der Waals surface area contributed by atoms with Gasteiger partial charge in [-0.25, -0.2) is 0 Å². The minimum atomic E-state index is -1.65. The molecular formula is C29H23BrN2O4. The number of hydrogen-bond acceptors (Lipinski definition) is 6. The number of Topliss-reactive ketones (excluding diaryl/α,β-unsaturated/α-hetero) is 1. The van der Waals surface area contributed by atoms with Crippen LogP contribution in [0, 0.1) is 16.7 Å². The van der Waals surface area contributed by atoms with E-state index in [0.717, 1.165) is 16.8 Å². The van der Waals surface area contributed by atoms with Crippen LogP contribution in [-0.4, -0.2) is 38.1 Å². The third-order valence-electron chi connectivity index (χ3n) is 7.12. The van der Waals surface area contributed by atoms with Gasteiger partial charge in [0, 0.05) is 17.2 Å². The standard InChI is InChI=1S/C29H23BrN2O4/c1-35-23-14-12-20(16-21(23)30)27(33)26-25(19-9-4-3-5-10-19)29(17-31,28(34)36-2)24-15-13-18-8-6-7-11-22(18)32(24)26/h3-16,24-26H,1-2H3/t24-,25+,26+,29+/m1/s1. The molecule has 5 rings (SSSR count). The minimum Gasteiger partial charge on any atom is -0.496 e. The molecule has 36 heavy (non-hydrogen) atoms. The number of para-hydroxylation sites is 1. The summed E-state index contributed by atoms with van der Waals surface area (Å²) in [7, 11) is 2.84. The second-order valence-electron chi connectivity index (χ2n) is 8.79. The van der Waals surface area contributed by atoms with E-state index in [1.807, 2.05) is 71.6 Å². The lowest BCUT2D eigenvalue weighted by molar-refractivity contribution is -0.150. The highest BCUT2D eigenvalue weighted by Crippen LogP contribution is 2.56. The number of carbonyl (C=O) groups is 2. The zero-order valence-electron chi connectivity index (χ0n) is 19.7. The van der Waals surface area contributed by atoms with E-state index in [9.17, 15) is 14.9 Å². The molecule has 2 aliphatic heterocycles. The molecule has 6 nitrogen and oxygen atoms in total. The summed E-state index contributed by atoms with van der Waals surface area (Å²) in [5, 5.41) is 10.7. The van der Waals surface area contributed by atoms with E-state index in [0.29, 0.717) is 15.8 Å². The van der Waals surface area contributed by atoms with E-state index in [-0.39, 0.29) is 5.78 Å². The Morgan fingerprint density at radius 3 is 2.42 bits per heavy atom. The van der Waals surface area contributed by atoms with Gasteiger partial charge in [0.2, 0.25) is 0 Å². The molecule has 2 heterocycles. The minimum absolute atomic E-state index is 0.205. The van der Waals surface area contributed by atoms with Gasteiger partial charge in [-0.3, -0.25) is 9.59 Å². The molecule has 180 valence electrons. The Kier molecular flexibility index (Phi) is 6.15. The molecule has 0 saturated carbocycles. The molecule has 0 radical (unpaired) electrons. The van der Waals surface area contributed by atoms with Crippen LogP contribution in [-0.2, 0) is 9.53 Å². The Bertz CT molecular complexity index is 1410. The van der Waals surface area contributed by atoms with E-state index < -0.39 is 29.4 Å². The van der Waals surface area contributed by atoms with Crippen LogP contribution in [0.15, 0.2) is 83.3 Å². The van der Waals surface area contributed by atoms with Gasteiger partial charge in [-0.15, -0.1) is 0 Å². The van der Waals surface area contributed by atoms with Crippen molar-refractivity contribution in [1.29, 1.82) is 5.26 Å². The quantitative estimate of drug-likeness (QED) is 0.317. The maximum absolute atomic E-state index is 14.4. The number of rotatable bonds is 5. The first-order valence-electron chi connectivity index (χ1n) is 11.5. The van der Waals surface area contributed by atoms with Crippen LogP contribution >= 0.6 is 15.9 Å². The predicted molar refractivity (Wildman–Crippen MR) is 140 cm³/mol. The van der Waals surface area contributed by atoms with Gasteiger partial charge in [-0.1, -0.05) is 60.7 Å². The van der Waals surface area contributed by atoms with Gasteiger partial charge in [0.1, 0.15) is 11.8 Å². The van der Waals surface area contributed by atoms with Gasteiger partial charge in [0.25, 0.3) is 0 Å². The van der Waals surface area contributed by atoms with Gasteiger partial charge >= 0.3 is 5.97 Å². The van der Waals surface area contributed by atoms with Crippen molar-refractivity contribution in [2.75, 3.05) is 19.1 Å². The zero-order valence-corrected chi connectivity index (χ0v) is 21.3. The van der Waals surface area contributed by atoms with Crippen molar-refractivity contribution >= 4 is 39.4 Å². The number of methoxy groups -OCH3 is 2. The monoisotopic (exact) mass is 542 g/mol. The summed E-state index contributed by atoms with van der Waals surface area (Å²) in [6, 6.07) is 22.9. The van der Waals surface area contributed by atoms with Crippen molar-refractivity contribution in [2.45, 2.75) is 18.0 Å². The van der Waals surface area contributed by atoms with E-state index in [4.69, 9.17) is 9.47 Å². The second-order valence-corrected chi connectivity index (χ2v) is 9.64. The number of halogens is 1. The van der Waals surface area contributed by atoms with Crippen LogP contribution in [0.1, 0.15) is 27.4 Å². The number of ether oxygens (including phenoxy) is 2. The fourth-order valence-electron chi connectivity index (χ4n) is 5.56. The molecule has 0 unspecified atom stereocenters. The van der Waals surface area contributed by atoms with Crippen molar-refractivity contribution in [1.82, 2.24) is 0 Å². The van der Waals surface area contributed by atoms with Crippen molar-refractivity contribution in [3.8, 4) is 11.8 Å². The Morgan fingerprint density at radius 2 is 1.75 bits per heavy atom. The average molecular weight is 543 g/mol. The normalized spacial score (nSPS) is 23.8. The Balaban J connectivity index is 1.79. The molecule has 2 aliphatic rings. The SMILES string of the molecule is COC(=O)[C@]1(C#N)[C@@H](c2ccccc2)[C@@H](C(=O)c2ccc(OC)c(Br)c2)N2c3ccccc3C=C[C@@H]21. The summed E-state index contributed by atoms with van der Waals surface area (Å²) in [6.45, 7) is 0. The lowest BCUT2D eigenvalue weighted by Gasteiger charge is -2.36. The number of esters is 1. The van der Waals surface area contributed by atoms with Crippen molar-refractivity contribution in [2.24, 2.45) is 5.41 Å². The van der Waals surface area contributed by atoms with Gasteiger partial charge in [-0.05, 0) is 51.3 Å². The fraction of sp³-hybridized carbons (Fsp3) is 0.207. The number of nitriles is 1. The summed E-state index contributed by atoms with van der Waals surface area (Å²) in [5.41, 5.74) is 1.21. The lowest BCUT2D eigenvalue weighted by atomic mass is 9.68. The van der Waals surface area contributed by atoms with Gasteiger partial charge in [-0.2, -0.15) is 5.26 Å². The Hall–Kier alpha value is -3.89. The highest BCUT2D eigenvalue weighted by molar-refractivity contribution is 9.10. The van der Waals surface area contributed by atoms with E-state index in [2.05, 4.69) is 22.0 Å². The number of benzene rings is 3. The summed E-state index contributed by atoms with van der Waals surface area (Å²) < 4.78 is 11.2. The van der Waals surface area contributed by atoms with E-state index >= 15 is 0 Å². The second kappa shape index (κ2) is 9.29. The first kappa shape index (κ1) is 23.8. The lowest BCUT2D eigenvalue weighted by Crippen LogP contribution is -2.46. The van der Waals surface area contributed by atoms with Crippen molar-refractivity contribution in [3.05, 3.63) is 100 Å². The molecule has 0 amide bonds. The molecule has 1 saturated heterocycles. The van der Waals surface area contributed by atoms with Crippen LogP contribution in [0.3, 0.4) is 0 Å². The fourth-order valence-corrected chi connectivity index (χ4v) is 6.10. The summed E-state index contributed by atoms with van der Waals surface area (Å²) in [5.74, 6) is -1.06. The average Bonchev–Trinajstić information content (AvgIpc) is 3.24. The number of hydrogen-bond donors (Lipinski definition) is 0. The van der Waals surface area contributed by atoms with Crippen molar-refractivity contribution < 1.29 is 19.1 Å². The molecule has 7 heteroatoms. The predicted octanol–water partition coefficient (Wildman–Crippen LogP) is 5.39. The Labute approximate surface area is 217 Å². The molecule has 4 atom stereocenters. The molecule has 0 spiro atoms. The smallest absolute Gasteiger partial charge is 0.329 e. The number of anilines is 1. The molecule has 0 bridgehead atoms. The van der Waals surface area contributed by atoms with Gasteiger partial charge < -0.3 is 14.4 Å². The maximum Gasteiger partial charge on any atom is 0.329 e.